The summed E-state index contributed by atoms with van der Waals surface area (Å²) in [6, 6.07) is 11.3. The van der Waals surface area contributed by atoms with Crippen LogP contribution in [0.15, 0.2) is 36.4 Å². The van der Waals surface area contributed by atoms with Crippen LogP contribution in [0.5, 0.6) is 17.2 Å². The number of hydrogen-bond acceptors (Lipinski definition) is 5. The molecule has 1 fully saturated rings. The molecular formula is C29H41N3O5. The molecule has 0 radical (unpaired) electrons. The van der Waals surface area contributed by atoms with Gasteiger partial charge in [0, 0.05) is 44.5 Å². The Hall–Kier alpha value is -3.42. The first-order chi connectivity index (χ1) is 17.5. The molecule has 8 nitrogen and oxygen atoms in total. The number of ether oxygens (including phenoxy) is 3. The second kappa shape index (κ2) is 12.2. The van der Waals surface area contributed by atoms with Gasteiger partial charge in [0.2, 0.25) is 5.91 Å². The minimum absolute atomic E-state index is 0.0258. The number of carbonyl (C=O) groups is 2. The fraction of sp³-hybridized carbons (Fsp3) is 0.517. The molecule has 0 atom stereocenters. The van der Waals surface area contributed by atoms with Crippen LogP contribution in [0.25, 0.3) is 0 Å². The minimum atomic E-state index is -0.0639. The minimum Gasteiger partial charge on any atom is -0.496 e. The van der Waals surface area contributed by atoms with Gasteiger partial charge in [0.25, 0.3) is 0 Å². The van der Waals surface area contributed by atoms with E-state index in [1.165, 1.54) is 0 Å². The number of likely N-dealkylation sites (N-methyl/N-ethyl adjacent to an activating group) is 1. The molecule has 0 unspecified atom stereocenters. The van der Waals surface area contributed by atoms with Crippen LogP contribution in [0.1, 0.15) is 44.7 Å². The maximum Gasteiger partial charge on any atom is 0.324 e. The van der Waals surface area contributed by atoms with Crippen LogP contribution in [0.3, 0.4) is 0 Å². The quantitative estimate of drug-likeness (QED) is 0.450. The highest BCUT2D eigenvalue weighted by Crippen LogP contribution is 2.34. The molecule has 202 valence electrons. The molecule has 0 aromatic heterocycles. The predicted octanol–water partition coefficient (Wildman–Crippen LogP) is 4.98. The van der Waals surface area contributed by atoms with Crippen molar-refractivity contribution in [3.63, 3.8) is 0 Å². The van der Waals surface area contributed by atoms with E-state index < -0.39 is 0 Å². The fourth-order valence-corrected chi connectivity index (χ4v) is 4.15. The summed E-state index contributed by atoms with van der Waals surface area (Å²) in [5, 5.41) is 0. The Morgan fingerprint density at radius 3 is 2.35 bits per heavy atom. The van der Waals surface area contributed by atoms with Gasteiger partial charge in [-0.1, -0.05) is 32.9 Å². The normalized spacial score (nSPS) is 14.0. The summed E-state index contributed by atoms with van der Waals surface area (Å²) in [5.74, 6) is 1.99. The Kier molecular flexibility index (Phi) is 9.29. The summed E-state index contributed by atoms with van der Waals surface area (Å²) in [6.07, 6.45) is 2.05. The lowest BCUT2D eigenvalue weighted by Crippen LogP contribution is -2.49. The van der Waals surface area contributed by atoms with E-state index in [0.717, 1.165) is 29.7 Å². The van der Waals surface area contributed by atoms with Gasteiger partial charge in [-0.2, -0.15) is 0 Å². The summed E-state index contributed by atoms with van der Waals surface area (Å²) in [6.45, 7) is 8.81. The molecule has 0 saturated carbocycles. The van der Waals surface area contributed by atoms with E-state index in [4.69, 9.17) is 14.2 Å². The van der Waals surface area contributed by atoms with Gasteiger partial charge in [-0.25, -0.2) is 4.79 Å². The van der Waals surface area contributed by atoms with E-state index in [0.29, 0.717) is 49.9 Å². The van der Waals surface area contributed by atoms with Gasteiger partial charge in [-0.15, -0.1) is 0 Å². The lowest BCUT2D eigenvalue weighted by Gasteiger charge is -2.36. The third-order valence-corrected chi connectivity index (χ3v) is 6.45. The van der Waals surface area contributed by atoms with Crippen LogP contribution in [0, 0.1) is 5.41 Å². The maximum atomic E-state index is 13.5. The number of carbonyl (C=O) groups excluding carboxylic acids is 2. The third-order valence-electron chi connectivity index (χ3n) is 6.45. The number of nitrogens with zero attached hydrogens (tertiary/aromatic N) is 3. The summed E-state index contributed by atoms with van der Waals surface area (Å²) >= 11 is 0. The van der Waals surface area contributed by atoms with Crippen molar-refractivity contribution in [2.24, 2.45) is 5.41 Å². The van der Waals surface area contributed by atoms with Crippen molar-refractivity contribution in [1.29, 1.82) is 0 Å². The molecule has 0 aliphatic carbocycles. The molecule has 0 N–H and O–H groups in total. The average Bonchev–Trinajstić information content (AvgIpc) is 2.85. The number of hydrogen-bond donors (Lipinski definition) is 0. The van der Waals surface area contributed by atoms with Gasteiger partial charge in [0.05, 0.1) is 33.8 Å². The van der Waals surface area contributed by atoms with Crippen molar-refractivity contribution < 1.29 is 23.8 Å². The topological polar surface area (TPSA) is 71.6 Å². The summed E-state index contributed by atoms with van der Waals surface area (Å²) in [4.78, 5) is 30.8. The molecular weight excluding hydrogens is 470 g/mol. The van der Waals surface area contributed by atoms with Crippen LogP contribution in [0.4, 0.5) is 10.5 Å². The SMILES string of the molecule is COc1cc(CC(=O)N(C)C)ccc1CN1CCCN(c2ccc(OC)c(OCCC(C)(C)C)c2)C1=O. The highest BCUT2D eigenvalue weighted by Gasteiger charge is 2.28. The molecule has 1 saturated heterocycles. The van der Waals surface area contributed by atoms with Crippen molar-refractivity contribution >= 4 is 17.6 Å². The molecule has 3 rings (SSSR count). The lowest BCUT2D eigenvalue weighted by atomic mass is 9.93. The predicted molar refractivity (Wildman–Crippen MR) is 146 cm³/mol. The number of anilines is 1. The first kappa shape index (κ1) is 28.2. The maximum absolute atomic E-state index is 13.5. The zero-order chi connectivity index (χ0) is 27.2. The highest BCUT2D eigenvalue weighted by molar-refractivity contribution is 5.93. The smallest absolute Gasteiger partial charge is 0.324 e. The standard InChI is InChI=1S/C29H41N3O5/c1-29(2,3)13-16-37-26-19-23(11-12-24(26)35-6)32-15-8-14-31(28(32)34)20-22-10-9-21(17-25(22)36-7)18-27(33)30(4)5/h9-12,17,19H,8,13-16,18,20H2,1-7H3. The van der Waals surface area contributed by atoms with Gasteiger partial charge >= 0.3 is 6.03 Å². The second-order valence-electron chi connectivity index (χ2n) is 10.8. The fourth-order valence-electron chi connectivity index (χ4n) is 4.15. The van der Waals surface area contributed by atoms with Crippen molar-refractivity contribution in [3.8, 4) is 17.2 Å². The van der Waals surface area contributed by atoms with E-state index in [2.05, 4.69) is 20.8 Å². The molecule has 0 bridgehead atoms. The van der Waals surface area contributed by atoms with Crippen LogP contribution in [-0.4, -0.2) is 69.7 Å². The number of methoxy groups -OCH3 is 2. The number of benzene rings is 2. The van der Waals surface area contributed by atoms with Gasteiger partial charge in [0.1, 0.15) is 5.75 Å². The molecule has 2 aromatic rings. The molecule has 2 aromatic carbocycles. The Bertz CT molecular complexity index is 1090. The summed E-state index contributed by atoms with van der Waals surface area (Å²) < 4.78 is 17.2. The van der Waals surface area contributed by atoms with Crippen LogP contribution in [0.2, 0.25) is 0 Å². The first-order valence-corrected chi connectivity index (χ1v) is 12.8. The van der Waals surface area contributed by atoms with Crippen molar-refractivity contribution in [2.75, 3.05) is 52.9 Å². The molecule has 3 amide bonds. The van der Waals surface area contributed by atoms with Gasteiger partial charge in [-0.3, -0.25) is 9.69 Å². The van der Waals surface area contributed by atoms with Crippen molar-refractivity contribution in [3.05, 3.63) is 47.5 Å². The Balaban J connectivity index is 1.75. The molecule has 37 heavy (non-hydrogen) atoms. The second-order valence-corrected chi connectivity index (χ2v) is 10.8. The van der Waals surface area contributed by atoms with Crippen LogP contribution < -0.4 is 19.1 Å². The monoisotopic (exact) mass is 511 g/mol. The van der Waals surface area contributed by atoms with E-state index in [1.54, 1.807) is 38.1 Å². The zero-order valence-electron chi connectivity index (χ0n) is 23.3. The third kappa shape index (κ3) is 7.54. The molecule has 8 heteroatoms. The molecule has 1 aliphatic rings. The highest BCUT2D eigenvalue weighted by atomic mass is 16.5. The van der Waals surface area contributed by atoms with Crippen LogP contribution >= 0.6 is 0 Å². The van der Waals surface area contributed by atoms with Gasteiger partial charge in [0.15, 0.2) is 11.5 Å². The van der Waals surface area contributed by atoms with E-state index >= 15 is 0 Å². The van der Waals surface area contributed by atoms with E-state index in [-0.39, 0.29) is 17.4 Å². The number of urea groups is 1. The number of amides is 3. The van der Waals surface area contributed by atoms with E-state index in [9.17, 15) is 9.59 Å². The lowest BCUT2D eigenvalue weighted by molar-refractivity contribution is -0.127. The van der Waals surface area contributed by atoms with Crippen molar-refractivity contribution in [1.82, 2.24) is 9.80 Å². The Morgan fingerprint density at radius 1 is 0.973 bits per heavy atom. The van der Waals surface area contributed by atoms with Crippen LogP contribution in [-0.2, 0) is 17.8 Å². The van der Waals surface area contributed by atoms with Gasteiger partial charge in [-0.05, 0) is 42.0 Å². The Labute approximate surface area is 221 Å². The summed E-state index contributed by atoms with van der Waals surface area (Å²) in [7, 11) is 6.71. The summed E-state index contributed by atoms with van der Waals surface area (Å²) in [5.41, 5.74) is 2.73. The largest absolute Gasteiger partial charge is 0.496 e. The van der Waals surface area contributed by atoms with Crippen molar-refractivity contribution in [2.45, 2.75) is 46.6 Å². The number of rotatable bonds is 10. The molecule has 0 spiro atoms. The molecule has 1 aliphatic heterocycles. The Morgan fingerprint density at radius 2 is 1.70 bits per heavy atom. The van der Waals surface area contributed by atoms with E-state index in [1.807, 2.05) is 41.3 Å². The zero-order valence-corrected chi connectivity index (χ0v) is 23.3. The van der Waals surface area contributed by atoms with Gasteiger partial charge < -0.3 is 24.0 Å². The average molecular weight is 512 g/mol. The first-order valence-electron chi connectivity index (χ1n) is 12.8. The molecule has 1 heterocycles.